The average molecular weight is 737 g/mol. The number of aliphatic hydroxyl groups is 7. The highest BCUT2D eigenvalue weighted by Gasteiger charge is 2.49. The van der Waals surface area contributed by atoms with Crippen molar-refractivity contribution in [3.63, 3.8) is 0 Å². The fraction of sp³-hybridized carbons (Fsp3) is 0.517. The number of methoxy groups -OCH3 is 2. The van der Waals surface area contributed by atoms with Crippen molar-refractivity contribution in [2.75, 3.05) is 27.4 Å². The molecule has 3 aliphatic heterocycles. The van der Waals surface area contributed by atoms with Crippen LogP contribution in [0.2, 0.25) is 0 Å². The monoisotopic (exact) mass is 736 g/mol. The molecule has 50 heavy (non-hydrogen) atoms. The van der Waals surface area contributed by atoms with Gasteiger partial charge in [0.2, 0.25) is 18.3 Å². The summed E-state index contributed by atoms with van der Waals surface area (Å²) >= 11 is 0. The van der Waals surface area contributed by atoms with Gasteiger partial charge in [-0.3, -0.25) is 4.55 Å². The number of aromatic hydroxyl groups is 2. The molecule has 0 aromatic heterocycles. The van der Waals surface area contributed by atoms with E-state index in [1.54, 1.807) is 0 Å². The van der Waals surface area contributed by atoms with Gasteiger partial charge in [-0.25, -0.2) is 4.18 Å². The first kappa shape index (κ1) is 37.5. The molecule has 5 rings (SSSR count). The molecule has 3 heterocycles. The van der Waals surface area contributed by atoms with Crippen molar-refractivity contribution in [3.8, 4) is 34.5 Å². The number of aliphatic hydroxyl groups excluding tert-OH is 7. The first-order chi connectivity index (χ1) is 23.6. The van der Waals surface area contributed by atoms with Gasteiger partial charge in [-0.1, -0.05) is 0 Å². The Hall–Kier alpha value is -3.71. The summed E-state index contributed by atoms with van der Waals surface area (Å²) in [5.41, 5.74) is 0.107. The molecule has 20 nitrogen and oxygen atoms in total. The summed E-state index contributed by atoms with van der Waals surface area (Å²) in [7, 11) is -2.75. The molecule has 2 fully saturated rings. The van der Waals surface area contributed by atoms with Gasteiger partial charge in [-0.05, 0) is 18.2 Å². The minimum absolute atomic E-state index is 0.0700. The quantitative estimate of drug-likeness (QED) is 0.106. The molecule has 3 aliphatic rings. The molecular formula is C29H36O20S. The number of hydrogen-bond donors (Lipinski definition) is 10. The third-order valence-corrected chi connectivity index (χ3v) is 8.55. The van der Waals surface area contributed by atoms with Crippen molar-refractivity contribution in [1.29, 1.82) is 0 Å². The van der Waals surface area contributed by atoms with Crippen LogP contribution < -0.4 is 18.9 Å². The molecule has 21 heteroatoms. The molecule has 278 valence electrons. The molecule has 0 radical (unpaired) electrons. The van der Waals surface area contributed by atoms with E-state index in [0.717, 1.165) is 12.1 Å². The number of benzene rings is 2. The zero-order chi connectivity index (χ0) is 36.7. The van der Waals surface area contributed by atoms with E-state index < -0.39 is 96.9 Å². The Morgan fingerprint density at radius 3 is 1.88 bits per heavy atom. The van der Waals surface area contributed by atoms with E-state index in [0.29, 0.717) is 0 Å². The van der Waals surface area contributed by atoms with Crippen molar-refractivity contribution in [1.82, 2.24) is 0 Å². The largest absolute Gasteiger partial charge is 0.508 e. The summed E-state index contributed by atoms with van der Waals surface area (Å²) < 4.78 is 76.4. The summed E-state index contributed by atoms with van der Waals surface area (Å²) in [6, 6.07) is 4.81. The minimum atomic E-state index is -5.28. The highest BCUT2D eigenvalue weighted by atomic mass is 32.3. The van der Waals surface area contributed by atoms with E-state index in [4.69, 9.17) is 33.2 Å². The third kappa shape index (κ3) is 7.49. The average Bonchev–Trinajstić information content (AvgIpc) is 3.07. The topological polar surface area (TPSA) is 310 Å². The molecule has 0 saturated carbocycles. The SMILES string of the molecule is COc1cc(C2Oc3cc(O)cc(OC4OC(CO)C(O)C(O)C4OS(=O)(=O)O)c3C=C2OC2OC(CO)C(O)C(O)C2O)cc(OC)c1O. The number of hydrogen-bond acceptors (Lipinski definition) is 19. The first-order valence-electron chi connectivity index (χ1n) is 14.7. The van der Waals surface area contributed by atoms with E-state index in [2.05, 4.69) is 4.18 Å². The normalized spacial score (nSPS) is 32.7. The van der Waals surface area contributed by atoms with Gasteiger partial charge in [-0.2, -0.15) is 8.42 Å². The van der Waals surface area contributed by atoms with Gasteiger partial charge < -0.3 is 79.1 Å². The second-order valence-corrected chi connectivity index (χ2v) is 12.4. The van der Waals surface area contributed by atoms with E-state index in [1.807, 2.05) is 0 Å². The highest BCUT2D eigenvalue weighted by Crippen LogP contribution is 2.48. The van der Waals surface area contributed by atoms with Gasteiger partial charge in [0.25, 0.3) is 0 Å². The smallest absolute Gasteiger partial charge is 0.397 e. The van der Waals surface area contributed by atoms with E-state index in [1.165, 1.54) is 32.4 Å². The number of phenols is 2. The fourth-order valence-electron chi connectivity index (χ4n) is 5.54. The summed E-state index contributed by atoms with van der Waals surface area (Å²) in [6.07, 6.45) is -18.3. The summed E-state index contributed by atoms with van der Waals surface area (Å²) in [5, 5.41) is 92.7. The molecular weight excluding hydrogens is 700 g/mol. The summed E-state index contributed by atoms with van der Waals surface area (Å²) in [4.78, 5) is 0. The van der Waals surface area contributed by atoms with Crippen LogP contribution in [-0.4, -0.2) is 148 Å². The molecule has 2 aromatic carbocycles. The fourth-order valence-corrected chi connectivity index (χ4v) is 6.02. The van der Waals surface area contributed by atoms with Crippen molar-refractivity contribution in [3.05, 3.63) is 41.2 Å². The second-order valence-electron chi connectivity index (χ2n) is 11.3. The summed E-state index contributed by atoms with van der Waals surface area (Å²) in [5.74, 6) is -1.74. The van der Waals surface area contributed by atoms with Gasteiger partial charge in [0.1, 0.15) is 65.7 Å². The Morgan fingerprint density at radius 2 is 1.32 bits per heavy atom. The van der Waals surface area contributed by atoms with Crippen LogP contribution in [0.3, 0.4) is 0 Å². The predicted molar refractivity (Wildman–Crippen MR) is 160 cm³/mol. The van der Waals surface area contributed by atoms with Crippen LogP contribution in [0.5, 0.6) is 34.5 Å². The maximum Gasteiger partial charge on any atom is 0.397 e. The zero-order valence-corrected chi connectivity index (χ0v) is 26.9. The molecule has 0 bridgehead atoms. The Kier molecular flexibility index (Phi) is 11.2. The molecule has 0 amide bonds. The zero-order valence-electron chi connectivity index (χ0n) is 26.1. The Morgan fingerprint density at radius 1 is 0.740 bits per heavy atom. The molecule has 2 aromatic rings. The number of phenolic OH excluding ortho intramolecular Hbond substituents is 2. The van der Waals surface area contributed by atoms with Crippen LogP contribution in [0.25, 0.3) is 6.08 Å². The maximum absolute atomic E-state index is 11.6. The van der Waals surface area contributed by atoms with Crippen LogP contribution >= 0.6 is 0 Å². The van der Waals surface area contributed by atoms with Crippen LogP contribution in [0.4, 0.5) is 0 Å². The lowest BCUT2D eigenvalue weighted by atomic mass is 9.98. The molecule has 0 spiro atoms. The van der Waals surface area contributed by atoms with Gasteiger partial charge in [0, 0.05) is 17.7 Å². The maximum atomic E-state index is 11.6. The number of fused-ring (bicyclic) bond motifs is 1. The number of rotatable bonds is 11. The number of ether oxygens (including phenoxy) is 7. The highest BCUT2D eigenvalue weighted by molar-refractivity contribution is 7.80. The summed E-state index contributed by atoms with van der Waals surface area (Å²) in [6.45, 7) is -1.66. The standard InChI is InChI=1S/C29H36O20S/c1-42-15-3-10(4-16(43-2)20(15)33)26-17(46-28-25(38)23(36)21(34)18(8-30)47-28)7-12-13(44-26)5-11(32)6-14(12)45-29-27(49-50(39,40)41)24(37)22(35)19(9-31)48-29/h3-7,18-19,21-38H,8-9H2,1-2H3,(H,39,40,41). The van der Waals surface area contributed by atoms with Crippen molar-refractivity contribution >= 4 is 16.5 Å². The lowest BCUT2D eigenvalue weighted by Gasteiger charge is -2.41. The Bertz CT molecular complexity index is 1640. The minimum Gasteiger partial charge on any atom is -0.508 e. The van der Waals surface area contributed by atoms with E-state index >= 15 is 0 Å². The second kappa shape index (κ2) is 14.9. The van der Waals surface area contributed by atoms with E-state index in [-0.39, 0.29) is 45.6 Å². The van der Waals surface area contributed by atoms with Crippen LogP contribution in [-0.2, 0) is 28.8 Å². The molecule has 0 aliphatic carbocycles. The van der Waals surface area contributed by atoms with Gasteiger partial charge in [-0.15, -0.1) is 0 Å². The molecule has 2 saturated heterocycles. The predicted octanol–water partition coefficient (Wildman–Crippen LogP) is -2.59. The lowest BCUT2D eigenvalue weighted by Crippen LogP contribution is -2.61. The van der Waals surface area contributed by atoms with Gasteiger partial charge in [0.15, 0.2) is 23.7 Å². The lowest BCUT2D eigenvalue weighted by molar-refractivity contribution is -0.293. The van der Waals surface area contributed by atoms with Crippen molar-refractivity contribution < 1.29 is 96.3 Å². The van der Waals surface area contributed by atoms with Crippen molar-refractivity contribution in [2.24, 2.45) is 0 Å². The van der Waals surface area contributed by atoms with E-state index in [9.17, 15) is 58.9 Å². The first-order valence-corrected chi connectivity index (χ1v) is 16.1. The van der Waals surface area contributed by atoms with Gasteiger partial charge >= 0.3 is 10.4 Å². The molecule has 10 N–H and O–H groups in total. The Labute approximate surface area is 283 Å². The Balaban J connectivity index is 1.61. The van der Waals surface area contributed by atoms with Crippen LogP contribution in [0.15, 0.2) is 30.0 Å². The van der Waals surface area contributed by atoms with Crippen LogP contribution in [0, 0.1) is 0 Å². The van der Waals surface area contributed by atoms with Crippen LogP contribution in [0.1, 0.15) is 17.2 Å². The molecule has 11 unspecified atom stereocenters. The third-order valence-electron chi connectivity index (χ3n) is 8.08. The van der Waals surface area contributed by atoms with Gasteiger partial charge in [0.05, 0.1) is 33.0 Å². The van der Waals surface area contributed by atoms with Crippen molar-refractivity contribution in [2.45, 2.75) is 67.5 Å². The molecule has 11 atom stereocenters.